The number of nitrogens with zero attached hydrogens (tertiary/aromatic N) is 2. The maximum atomic E-state index is 13.7. The van der Waals surface area contributed by atoms with Gasteiger partial charge in [-0.3, -0.25) is 14.7 Å². The van der Waals surface area contributed by atoms with Crippen LogP contribution >= 0.6 is 23.2 Å². The van der Waals surface area contributed by atoms with Crippen LogP contribution in [0.25, 0.3) is 0 Å². The standard InChI is InChI=1S/C46H44Cl2F2N2O8/c47-37-23-51-24-38(48)36(37)21-41(32-11-13-39(60-46(49)50)42(20-32)56-26-28-9-10-28)59-45(54)40-14-12-34(57-40)27-55-33-8-4-7-31(19-33)35(29-5-2-1-3-6-29)22-44(53)58-43-25-52-17-15-30(43)16-18-52/h1-8,11-14,19-20,23-24,28,30,35,41,43,46H,9-10,15-18,21-22,25-27H2/t35-,41-,43-/m0/s1. The fourth-order valence-corrected chi connectivity index (χ4v) is 8.36. The smallest absolute Gasteiger partial charge is 0.387 e. The summed E-state index contributed by atoms with van der Waals surface area (Å²) >= 11 is 12.9. The fourth-order valence-electron chi connectivity index (χ4n) is 7.84. The molecule has 0 radical (unpaired) electrons. The number of rotatable bonds is 18. The Hall–Kier alpha value is -5.17. The summed E-state index contributed by atoms with van der Waals surface area (Å²) in [6.45, 7) is 0.191. The lowest BCUT2D eigenvalue weighted by atomic mass is 9.85. The van der Waals surface area contributed by atoms with Crippen LogP contribution in [0.1, 0.15) is 82.7 Å². The van der Waals surface area contributed by atoms with E-state index in [0.29, 0.717) is 41.1 Å². The highest BCUT2D eigenvalue weighted by atomic mass is 35.5. The Kier molecular flexibility index (Phi) is 13.2. The maximum Gasteiger partial charge on any atom is 0.387 e. The number of hydrogen-bond acceptors (Lipinski definition) is 10. The van der Waals surface area contributed by atoms with E-state index < -0.39 is 18.7 Å². The van der Waals surface area contributed by atoms with Gasteiger partial charge in [-0.15, -0.1) is 0 Å². The molecule has 0 N–H and O–H groups in total. The number of ether oxygens (including phenoxy) is 5. The molecular weight excluding hydrogens is 817 g/mol. The zero-order valence-corrected chi connectivity index (χ0v) is 34.2. The number of halogens is 4. The fraction of sp³-hybridized carbons (Fsp3) is 0.370. The molecule has 60 heavy (non-hydrogen) atoms. The third-order valence-electron chi connectivity index (χ3n) is 11.3. The Labute approximate surface area is 356 Å². The first kappa shape index (κ1) is 41.6. The van der Waals surface area contributed by atoms with Gasteiger partial charge in [-0.2, -0.15) is 8.78 Å². The van der Waals surface area contributed by atoms with Gasteiger partial charge in [0.1, 0.15) is 30.3 Å². The summed E-state index contributed by atoms with van der Waals surface area (Å²) in [6, 6.07) is 24.9. The number of esters is 2. The molecule has 2 bridgehead atoms. The number of piperidine rings is 3. The third-order valence-corrected chi connectivity index (χ3v) is 11.9. The predicted octanol–water partition coefficient (Wildman–Crippen LogP) is 10.3. The number of benzene rings is 3. The van der Waals surface area contributed by atoms with Crippen LogP contribution < -0.4 is 14.2 Å². The molecule has 3 aromatic carbocycles. The summed E-state index contributed by atoms with van der Waals surface area (Å²) in [7, 11) is 0. The van der Waals surface area contributed by atoms with Crippen LogP contribution in [0.2, 0.25) is 10.0 Å². The molecule has 10 nitrogen and oxygen atoms in total. The number of carbonyl (C=O) groups excluding carboxylic acids is 2. The van der Waals surface area contributed by atoms with Crippen molar-refractivity contribution < 1.29 is 46.5 Å². The van der Waals surface area contributed by atoms with E-state index >= 15 is 0 Å². The normalized spacial score (nSPS) is 19.4. The summed E-state index contributed by atoms with van der Waals surface area (Å²) in [5.74, 6) is 0.238. The van der Waals surface area contributed by atoms with Gasteiger partial charge in [0.25, 0.3) is 0 Å². The summed E-state index contributed by atoms with van der Waals surface area (Å²) in [5, 5.41) is 0.514. The van der Waals surface area contributed by atoms with Crippen molar-refractivity contribution in [3.8, 4) is 17.2 Å². The molecule has 3 aliphatic heterocycles. The van der Waals surface area contributed by atoms with E-state index in [2.05, 4.69) is 9.88 Å². The average Bonchev–Trinajstić information content (AvgIpc) is 3.97. The number of hydrogen-bond donors (Lipinski definition) is 0. The number of aromatic nitrogens is 1. The number of pyridine rings is 1. The topological polar surface area (TPSA) is 110 Å². The van der Waals surface area contributed by atoms with Crippen LogP contribution in [0.5, 0.6) is 17.2 Å². The average molecular weight is 862 g/mol. The van der Waals surface area contributed by atoms with Gasteiger partial charge >= 0.3 is 18.6 Å². The molecule has 1 saturated carbocycles. The molecule has 5 heterocycles. The molecule has 0 spiro atoms. The van der Waals surface area contributed by atoms with E-state index in [9.17, 15) is 18.4 Å². The molecule has 3 saturated heterocycles. The SMILES string of the molecule is O=C(C[C@@H](c1ccccc1)c1cccc(OCc2ccc(C(=O)O[C@@H](Cc3c(Cl)cncc3Cl)c3ccc(OC(F)F)c(OCC4CC4)c3)o2)c1)O[C@H]1CN2CCC1CC2. The van der Waals surface area contributed by atoms with Crippen LogP contribution in [-0.2, 0) is 27.3 Å². The number of fused-ring (bicyclic) bond motifs is 3. The second kappa shape index (κ2) is 19.0. The van der Waals surface area contributed by atoms with E-state index in [4.69, 9.17) is 51.3 Å². The lowest BCUT2D eigenvalue weighted by Crippen LogP contribution is -2.52. The quantitative estimate of drug-likeness (QED) is 0.0790. The molecule has 0 amide bonds. The molecule has 4 aliphatic rings. The van der Waals surface area contributed by atoms with Crippen molar-refractivity contribution >= 4 is 35.1 Å². The summed E-state index contributed by atoms with van der Waals surface area (Å²) in [4.78, 5) is 33.5. The van der Waals surface area contributed by atoms with Crippen molar-refractivity contribution in [1.82, 2.24) is 9.88 Å². The van der Waals surface area contributed by atoms with E-state index in [1.165, 1.54) is 36.7 Å². The van der Waals surface area contributed by atoms with Gasteiger partial charge in [-0.05, 0) is 109 Å². The highest BCUT2D eigenvalue weighted by molar-refractivity contribution is 6.35. The van der Waals surface area contributed by atoms with Crippen LogP contribution in [0.4, 0.5) is 8.78 Å². The van der Waals surface area contributed by atoms with E-state index in [-0.39, 0.29) is 64.7 Å². The van der Waals surface area contributed by atoms with Crippen LogP contribution in [-0.4, -0.2) is 60.8 Å². The van der Waals surface area contributed by atoms with E-state index in [1.807, 2.05) is 54.6 Å². The largest absolute Gasteiger partial charge is 0.489 e. The minimum Gasteiger partial charge on any atom is -0.489 e. The van der Waals surface area contributed by atoms with Crippen molar-refractivity contribution in [2.45, 2.75) is 69.9 Å². The molecule has 314 valence electrons. The molecule has 5 aromatic rings. The lowest BCUT2D eigenvalue weighted by Gasteiger charge is -2.44. The van der Waals surface area contributed by atoms with Gasteiger partial charge in [-0.1, -0.05) is 71.7 Å². The van der Waals surface area contributed by atoms with Crippen LogP contribution in [0, 0.1) is 11.8 Å². The van der Waals surface area contributed by atoms with Crippen molar-refractivity contribution in [2.24, 2.45) is 11.8 Å². The maximum absolute atomic E-state index is 13.7. The monoisotopic (exact) mass is 860 g/mol. The third kappa shape index (κ3) is 10.6. The number of carbonyl (C=O) groups is 2. The molecule has 4 fully saturated rings. The van der Waals surface area contributed by atoms with Gasteiger partial charge in [-0.25, -0.2) is 4.79 Å². The Morgan fingerprint density at radius 3 is 2.32 bits per heavy atom. The first-order chi connectivity index (χ1) is 29.1. The second-order valence-corrected chi connectivity index (χ2v) is 16.3. The minimum atomic E-state index is -3.07. The Morgan fingerprint density at radius 2 is 1.60 bits per heavy atom. The zero-order chi connectivity index (χ0) is 41.6. The number of furan rings is 1. The van der Waals surface area contributed by atoms with Crippen molar-refractivity contribution in [1.29, 1.82) is 0 Å². The summed E-state index contributed by atoms with van der Waals surface area (Å²) in [6.07, 6.45) is 6.07. The summed E-state index contributed by atoms with van der Waals surface area (Å²) < 4.78 is 61.3. The first-order valence-electron chi connectivity index (χ1n) is 20.1. The second-order valence-electron chi connectivity index (χ2n) is 15.5. The van der Waals surface area contributed by atoms with Gasteiger partial charge in [0.15, 0.2) is 11.5 Å². The molecule has 9 rings (SSSR count). The Bertz CT molecular complexity index is 2240. The van der Waals surface area contributed by atoms with Gasteiger partial charge in [0, 0.05) is 31.3 Å². The van der Waals surface area contributed by atoms with Crippen LogP contribution in [0.3, 0.4) is 0 Å². The molecular formula is C46H44Cl2F2N2O8. The number of alkyl halides is 2. The lowest BCUT2D eigenvalue weighted by molar-refractivity contribution is -0.159. The van der Waals surface area contributed by atoms with Crippen LogP contribution in [0.15, 0.2) is 102 Å². The first-order valence-corrected chi connectivity index (χ1v) is 20.9. The Morgan fingerprint density at radius 1 is 0.833 bits per heavy atom. The molecule has 1 aliphatic carbocycles. The van der Waals surface area contributed by atoms with E-state index in [0.717, 1.165) is 56.4 Å². The summed E-state index contributed by atoms with van der Waals surface area (Å²) in [5.41, 5.74) is 2.77. The van der Waals surface area contributed by atoms with Gasteiger partial charge < -0.3 is 28.1 Å². The van der Waals surface area contributed by atoms with E-state index in [1.54, 1.807) is 6.07 Å². The molecule has 2 aromatic heterocycles. The van der Waals surface area contributed by atoms with Crippen molar-refractivity contribution in [3.63, 3.8) is 0 Å². The molecule has 0 unspecified atom stereocenters. The van der Waals surface area contributed by atoms with Gasteiger partial charge in [0.2, 0.25) is 5.76 Å². The predicted molar refractivity (Wildman–Crippen MR) is 219 cm³/mol. The Balaban J connectivity index is 0.955. The molecule has 14 heteroatoms. The molecule has 3 atom stereocenters. The minimum absolute atomic E-state index is 0.00665. The zero-order valence-electron chi connectivity index (χ0n) is 32.7. The highest BCUT2D eigenvalue weighted by Gasteiger charge is 2.37. The van der Waals surface area contributed by atoms with Gasteiger partial charge in [0.05, 0.1) is 23.1 Å². The van der Waals surface area contributed by atoms with Crippen molar-refractivity contribution in [2.75, 3.05) is 26.2 Å². The van der Waals surface area contributed by atoms with Crippen molar-refractivity contribution in [3.05, 3.63) is 141 Å². The highest BCUT2D eigenvalue weighted by Crippen LogP contribution is 2.39.